The van der Waals surface area contributed by atoms with Crippen LogP contribution in [0.3, 0.4) is 0 Å². The fraction of sp³-hybridized carbons (Fsp3) is 0.100. The maximum atomic E-state index is 12.5. The number of aromatic hydroxyl groups is 1. The molecular formula is C20H17ClN2O3. The highest BCUT2D eigenvalue weighted by Crippen LogP contribution is 2.21. The van der Waals surface area contributed by atoms with E-state index in [9.17, 15) is 14.7 Å². The lowest BCUT2D eigenvalue weighted by Crippen LogP contribution is -2.22. The fourth-order valence-corrected chi connectivity index (χ4v) is 2.69. The molecular weight excluding hydrogens is 352 g/mol. The number of aromatic nitrogens is 1. The summed E-state index contributed by atoms with van der Waals surface area (Å²) in [5.41, 5.74) is 2.08. The molecule has 3 rings (SSSR count). The smallest absolute Gasteiger partial charge is 0.257 e. The number of hydrogen-bond donors (Lipinski definition) is 2. The van der Waals surface area contributed by atoms with Crippen molar-refractivity contribution in [1.29, 1.82) is 0 Å². The summed E-state index contributed by atoms with van der Waals surface area (Å²) >= 11 is 6.15. The number of hydrogen-bond acceptors (Lipinski definition) is 3. The first-order chi connectivity index (χ1) is 12.4. The number of carbonyl (C=O) groups excluding carboxylic acids is 1. The summed E-state index contributed by atoms with van der Waals surface area (Å²) in [6.45, 7) is 2.04. The van der Waals surface area contributed by atoms with Gasteiger partial charge in [0.2, 0.25) is 0 Å². The van der Waals surface area contributed by atoms with Crippen molar-refractivity contribution in [3.05, 3.63) is 92.9 Å². The van der Waals surface area contributed by atoms with Crippen molar-refractivity contribution in [2.45, 2.75) is 13.5 Å². The molecule has 3 aromatic rings. The van der Waals surface area contributed by atoms with Gasteiger partial charge in [-0.1, -0.05) is 35.9 Å². The zero-order valence-corrected chi connectivity index (χ0v) is 14.8. The molecule has 0 unspecified atom stereocenters. The molecule has 1 heterocycles. The van der Waals surface area contributed by atoms with Crippen molar-refractivity contribution < 1.29 is 9.90 Å². The van der Waals surface area contributed by atoms with Crippen LogP contribution in [0.2, 0.25) is 5.02 Å². The van der Waals surface area contributed by atoms with Crippen LogP contribution in [0.25, 0.3) is 0 Å². The highest BCUT2D eigenvalue weighted by Gasteiger charge is 2.10. The standard InChI is InChI=1S/C20H17ClN2O3/c1-13-6-8-16(10-18(13)24)22-20(26)15-7-9-19(25)23(12-15)11-14-4-2-3-5-17(14)21/h2-10,12,24H,11H2,1H3,(H,22,26). The maximum Gasteiger partial charge on any atom is 0.257 e. The van der Waals surface area contributed by atoms with Crippen molar-refractivity contribution in [2.24, 2.45) is 0 Å². The average molecular weight is 369 g/mol. The fourth-order valence-electron chi connectivity index (χ4n) is 2.49. The average Bonchev–Trinajstić information content (AvgIpc) is 2.62. The summed E-state index contributed by atoms with van der Waals surface area (Å²) in [6.07, 6.45) is 1.50. The predicted octanol–water partition coefficient (Wildman–Crippen LogP) is 3.82. The molecule has 2 aromatic carbocycles. The Hall–Kier alpha value is -3.05. The molecule has 0 aliphatic heterocycles. The molecule has 0 saturated carbocycles. The van der Waals surface area contributed by atoms with Gasteiger partial charge in [-0.15, -0.1) is 0 Å². The molecule has 0 aliphatic rings. The van der Waals surface area contributed by atoms with Crippen LogP contribution in [0.15, 0.2) is 65.6 Å². The third-order valence-corrected chi connectivity index (χ3v) is 4.38. The highest BCUT2D eigenvalue weighted by molar-refractivity contribution is 6.31. The molecule has 0 bridgehead atoms. The van der Waals surface area contributed by atoms with Crippen LogP contribution in [0.4, 0.5) is 5.69 Å². The van der Waals surface area contributed by atoms with Crippen LogP contribution < -0.4 is 10.9 Å². The largest absolute Gasteiger partial charge is 0.508 e. The molecule has 0 atom stereocenters. The summed E-state index contributed by atoms with van der Waals surface area (Å²) < 4.78 is 1.43. The van der Waals surface area contributed by atoms with Gasteiger partial charge >= 0.3 is 0 Å². The lowest BCUT2D eigenvalue weighted by molar-refractivity contribution is 0.102. The van der Waals surface area contributed by atoms with E-state index in [4.69, 9.17) is 11.6 Å². The zero-order chi connectivity index (χ0) is 18.7. The number of rotatable bonds is 4. The van der Waals surface area contributed by atoms with Gasteiger partial charge in [-0.3, -0.25) is 9.59 Å². The van der Waals surface area contributed by atoms with Crippen molar-refractivity contribution in [3.8, 4) is 5.75 Å². The Bertz CT molecular complexity index is 1030. The second kappa shape index (κ2) is 7.45. The molecule has 0 fully saturated rings. The van der Waals surface area contributed by atoms with Gasteiger partial charge in [0, 0.05) is 29.0 Å². The highest BCUT2D eigenvalue weighted by atomic mass is 35.5. The summed E-state index contributed by atoms with van der Waals surface area (Å²) in [5, 5.41) is 13.0. The van der Waals surface area contributed by atoms with E-state index in [0.717, 1.165) is 11.1 Å². The van der Waals surface area contributed by atoms with E-state index in [-0.39, 0.29) is 23.8 Å². The summed E-state index contributed by atoms with van der Waals surface area (Å²) in [6, 6.07) is 14.9. The number of phenols is 1. The van der Waals surface area contributed by atoms with E-state index >= 15 is 0 Å². The summed E-state index contributed by atoms with van der Waals surface area (Å²) in [4.78, 5) is 24.6. The molecule has 0 saturated heterocycles. The number of carbonyl (C=O) groups is 1. The number of halogens is 1. The Labute approximate surface area is 155 Å². The Morgan fingerprint density at radius 2 is 1.92 bits per heavy atom. The van der Waals surface area contributed by atoms with Crippen molar-refractivity contribution in [2.75, 3.05) is 5.32 Å². The van der Waals surface area contributed by atoms with Crippen molar-refractivity contribution in [1.82, 2.24) is 4.57 Å². The predicted molar refractivity (Wildman–Crippen MR) is 102 cm³/mol. The SMILES string of the molecule is Cc1ccc(NC(=O)c2ccc(=O)n(Cc3ccccc3Cl)c2)cc1O. The Morgan fingerprint density at radius 3 is 2.65 bits per heavy atom. The first-order valence-corrected chi connectivity index (χ1v) is 8.37. The van der Waals surface area contributed by atoms with E-state index in [0.29, 0.717) is 16.3 Å². The van der Waals surface area contributed by atoms with Gasteiger partial charge in [0.15, 0.2) is 0 Å². The normalized spacial score (nSPS) is 10.5. The molecule has 26 heavy (non-hydrogen) atoms. The number of anilines is 1. The van der Waals surface area contributed by atoms with E-state index < -0.39 is 0 Å². The number of phenolic OH excluding ortho intramolecular Hbond substituents is 1. The lowest BCUT2D eigenvalue weighted by atomic mass is 10.2. The number of aryl methyl sites for hydroxylation is 1. The molecule has 132 valence electrons. The van der Waals surface area contributed by atoms with Crippen LogP contribution in [0.1, 0.15) is 21.5 Å². The van der Waals surface area contributed by atoms with Crippen LogP contribution in [-0.2, 0) is 6.54 Å². The Morgan fingerprint density at radius 1 is 1.15 bits per heavy atom. The van der Waals surface area contributed by atoms with Gasteiger partial charge in [0.05, 0.1) is 12.1 Å². The second-order valence-electron chi connectivity index (χ2n) is 5.93. The third kappa shape index (κ3) is 3.95. The van der Waals surface area contributed by atoms with Crippen molar-refractivity contribution in [3.63, 3.8) is 0 Å². The minimum atomic E-state index is -0.374. The number of amides is 1. The molecule has 2 N–H and O–H groups in total. The van der Waals surface area contributed by atoms with E-state index in [2.05, 4.69) is 5.32 Å². The number of pyridine rings is 1. The van der Waals surface area contributed by atoms with Crippen LogP contribution >= 0.6 is 11.6 Å². The van der Waals surface area contributed by atoms with Gasteiger partial charge in [-0.25, -0.2) is 0 Å². The van der Waals surface area contributed by atoms with Crippen LogP contribution in [0, 0.1) is 6.92 Å². The summed E-state index contributed by atoms with van der Waals surface area (Å²) in [5.74, 6) is -0.271. The van der Waals surface area contributed by atoms with Gasteiger partial charge in [0.1, 0.15) is 5.75 Å². The molecule has 1 aromatic heterocycles. The number of nitrogens with one attached hydrogen (secondary N) is 1. The van der Waals surface area contributed by atoms with Crippen LogP contribution in [-0.4, -0.2) is 15.6 Å². The Kier molecular flexibility index (Phi) is 5.09. The minimum absolute atomic E-state index is 0.103. The molecule has 0 radical (unpaired) electrons. The lowest BCUT2D eigenvalue weighted by Gasteiger charge is -2.10. The monoisotopic (exact) mass is 368 g/mol. The van der Waals surface area contributed by atoms with Gasteiger partial charge in [-0.2, -0.15) is 0 Å². The molecule has 5 nitrogen and oxygen atoms in total. The van der Waals surface area contributed by atoms with Gasteiger partial charge < -0.3 is 15.0 Å². The molecule has 1 amide bonds. The minimum Gasteiger partial charge on any atom is -0.508 e. The Balaban J connectivity index is 1.84. The first-order valence-electron chi connectivity index (χ1n) is 7.99. The van der Waals surface area contributed by atoms with Crippen molar-refractivity contribution >= 4 is 23.2 Å². The first kappa shape index (κ1) is 17.8. The third-order valence-electron chi connectivity index (χ3n) is 4.01. The summed E-state index contributed by atoms with van der Waals surface area (Å²) in [7, 11) is 0. The molecule has 6 heteroatoms. The van der Waals surface area contributed by atoms with Crippen LogP contribution in [0.5, 0.6) is 5.75 Å². The number of benzene rings is 2. The van der Waals surface area contributed by atoms with E-state index in [1.54, 1.807) is 25.1 Å². The topological polar surface area (TPSA) is 71.3 Å². The van der Waals surface area contributed by atoms with E-state index in [1.165, 1.54) is 29.0 Å². The quantitative estimate of drug-likeness (QED) is 0.735. The van der Waals surface area contributed by atoms with E-state index in [1.807, 2.05) is 18.2 Å². The zero-order valence-electron chi connectivity index (χ0n) is 14.1. The van der Waals surface area contributed by atoms with Gasteiger partial charge in [-0.05, 0) is 36.2 Å². The second-order valence-corrected chi connectivity index (χ2v) is 6.34. The number of nitrogens with zero attached hydrogens (tertiary/aromatic N) is 1. The molecule has 0 aliphatic carbocycles. The molecule has 0 spiro atoms. The van der Waals surface area contributed by atoms with Gasteiger partial charge in [0.25, 0.3) is 11.5 Å². The maximum absolute atomic E-state index is 12.5.